The topological polar surface area (TPSA) is 51.6 Å². The molecule has 1 N–H and O–H groups in total. The van der Waals surface area contributed by atoms with Gasteiger partial charge in [-0.1, -0.05) is 0 Å². The van der Waals surface area contributed by atoms with Crippen LogP contribution in [0.4, 0.5) is 0 Å². The van der Waals surface area contributed by atoms with E-state index in [0.717, 1.165) is 17.3 Å². The van der Waals surface area contributed by atoms with Crippen molar-refractivity contribution in [3.8, 4) is 5.88 Å². The number of rotatable bonds is 3. The summed E-state index contributed by atoms with van der Waals surface area (Å²) in [4.78, 5) is 4.22. The third kappa shape index (κ3) is 3.43. The number of aromatic nitrogens is 1. The summed E-state index contributed by atoms with van der Waals surface area (Å²) in [5, 5.41) is 9.31. The van der Waals surface area contributed by atoms with Crippen molar-refractivity contribution in [3.63, 3.8) is 0 Å². The van der Waals surface area contributed by atoms with Crippen molar-refractivity contribution in [2.75, 3.05) is 0 Å². The van der Waals surface area contributed by atoms with Crippen LogP contribution in [0.2, 0.25) is 0 Å². The maximum Gasteiger partial charge on any atom is 0.219 e. The molecule has 2 atom stereocenters. The lowest BCUT2D eigenvalue weighted by molar-refractivity contribution is -0.0732. The Bertz CT molecular complexity index is 403. The Kier molecular flexibility index (Phi) is 4.59. The molecule has 0 aliphatic carbocycles. The quantitative estimate of drug-likeness (QED) is 0.931. The van der Waals surface area contributed by atoms with Gasteiger partial charge in [0.1, 0.15) is 6.10 Å². The molecule has 1 aromatic heterocycles. The highest BCUT2D eigenvalue weighted by Crippen LogP contribution is 2.26. The second kappa shape index (κ2) is 5.99. The molecular formula is C13H18BrNO3. The highest BCUT2D eigenvalue weighted by molar-refractivity contribution is 9.10. The molecule has 100 valence electrons. The van der Waals surface area contributed by atoms with Crippen molar-refractivity contribution in [1.82, 2.24) is 4.98 Å². The lowest BCUT2D eigenvalue weighted by Gasteiger charge is -2.32. The first-order valence-electron chi connectivity index (χ1n) is 6.16. The van der Waals surface area contributed by atoms with Crippen LogP contribution in [0.25, 0.3) is 0 Å². The Balaban J connectivity index is 2.08. The van der Waals surface area contributed by atoms with Crippen molar-refractivity contribution >= 4 is 15.9 Å². The average molecular weight is 316 g/mol. The lowest BCUT2D eigenvalue weighted by Crippen LogP contribution is -2.36. The van der Waals surface area contributed by atoms with Crippen LogP contribution in [0.3, 0.4) is 0 Å². The van der Waals surface area contributed by atoms with Crippen molar-refractivity contribution in [2.24, 2.45) is 0 Å². The van der Waals surface area contributed by atoms with E-state index in [9.17, 15) is 5.11 Å². The van der Waals surface area contributed by atoms with Crippen LogP contribution in [0.1, 0.15) is 32.3 Å². The summed E-state index contributed by atoms with van der Waals surface area (Å²) in [6.45, 7) is 4.03. The molecule has 0 amide bonds. The molecule has 1 aromatic rings. The van der Waals surface area contributed by atoms with Gasteiger partial charge in [-0.2, -0.15) is 0 Å². The smallest absolute Gasteiger partial charge is 0.219 e. The minimum absolute atomic E-state index is 0.0733. The Morgan fingerprint density at radius 1 is 1.44 bits per heavy atom. The summed E-state index contributed by atoms with van der Waals surface area (Å²) in [7, 11) is 0. The van der Waals surface area contributed by atoms with Crippen molar-refractivity contribution < 1.29 is 14.6 Å². The zero-order valence-electron chi connectivity index (χ0n) is 10.6. The number of ether oxygens (including phenoxy) is 2. The van der Waals surface area contributed by atoms with Crippen LogP contribution in [0.15, 0.2) is 16.7 Å². The van der Waals surface area contributed by atoms with Gasteiger partial charge in [0.2, 0.25) is 5.88 Å². The van der Waals surface area contributed by atoms with E-state index >= 15 is 0 Å². The standard InChI is InChI=1S/C13H18BrNO3/c1-8-3-12(4-9(2)17-8)18-13-10(7-16)5-11(14)6-15-13/h5-6,8-9,12,16H,3-4,7H2,1-2H3. The molecule has 1 aliphatic rings. The Labute approximate surface area is 115 Å². The molecule has 2 heterocycles. The summed E-state index contributed by atoms with van der Waals surface area (Å²) in [6, 6.07) is 1.83. The Morgan fingerprint density at radius 3 is 2.72 bits per heavy atom. The number of hydrogen-bond donors (Lipinski definition) is 1. The molecule has 2 rings (SSSR count). The van der Waals surface area contributed by atoms with Crippen LogP contribution in [-0.4, -0.2) is 28.4 Å². The summed E-state index contributed by atoms with van der Waals surface area (Å²) in [5.74, 6) is 0.520. The zero-order valence-corrected chi connectivity index (χ0v) is 12.2. The Morgan fingerprint density at radius 2 is 2.11 bits per heavy atom. The predicted octanol–water partition coefficient (Wildman–Crippen LogP) is 2.67. The largest absolute Gasteiger partial charge is 0.474 e. The van der Waals surface area contributed by atoms with Gasteiger partial charge < -0.3 is 14.6 Å². The van der Waals surface area contributed by atoms with E-state index < -0.39 is 0 Å². The van der Waals surface area contributed by atoms with Gasteiger partial charge in [0.25, 0.3) is 0 Å². The fourth-order valence-electron chi connectivity index (χ4n) is 2.29. The van der Waals surface area contributed by atoms with Gasteiger partial charge in [-0.3, -0.25) is 0 Å². The molecule has 0 aromatic carbocycles. The molecule has 2 unspecified atom stereocenters. The monoisotopic (exact) mass is 315 g/mol. The van der Waals surface area contributed by atoms with E-state index in [0.29, 0.717) is 11.4 Å². The summed E-state index contributed by atoms with van der Waals surface area (Å²) >= 11 is 3.33. The molecule has 0 radical (unpaired) electrons. The van der Waals surface area contributed by atoms with Crippen LogP contribution < -0.4 is 4.74 Å². The van der Waals surface area contributed by atoms with Crippen molar-refractivity contribution in [2.45, 2.75) is 51.6 Å². The minimum Gasteiger partial charge on any atom is -0.474 e. The normalized spacial score (nSPS) is 28.1. The van der Waals surface area contributed by atoms with Gasteiger partial charge in [0.15, 0.2) is 0 Å². The number of aliphatic hydroxyl groups is 1. The second-order valence-corrected chi connectivity index (χ2v) is 5.66. The van der Waals surface area contributed by atoms with Gasteiger partial charge in [-0.05, 0) is 35.8 Å². The van der Waals surface area contributed by atoms with Crippen molar-refractivity contribution in [1.29, 1.82) is 0 Å². The first-order chi connectivity index (χ1) is 8.58. The van der Waals surface area contributed by atoms with E-state index in [1.165, 1.54) is 0 Å². The summed E-state index contributed by atoms with van der Waals surface area (Å²) in [5.41, 5.74) is 0.705. The molecule has 18 heavy (non-hydrogen) atoms. The molecule has 1 aliphatic heterocycles. The molecule has 0 bridgehead atoms. The molecule has 1 fully saturated rings. The van der Waals surface area contributed by atoms with Crippen LogP contribution in [-0.2, 0) is 11.3 Å². The van der Waals surface area contributed by atoms with E-state index in [4.69, 9.17) is 9.47 Å². The van der Waals surface area contributed by atoms with Gasteiger partial charge in [-0.25, -0.2) is 4.98 Å². The van der Waals surface area contributed by atoms with Gasteiger partial charge in [0, 0.05) is 29.1 Å². The first-order valence-corrected chi connectivity index (χ1v) is 6.95. The number of halogens is 1. The highest BCUT2D eigenvalue weighted by atomic mass is 79.9. The summed E-state index contributed by atoms with van der Waals surface area (Å²) in [6.07, 6.45) is 3.89. The molecule has 5 heteroatoms. The SMILES string of the molecule is CC1CC(Oc2ncc(Br)cc2CO)CC(C)O1. The zero-order chi connectivity index (χ0) is 13.1. The molecule has 0 saturated carbocycles. The predicted molar refractivity (Wildman–Crippen MR) is 71.5 cm³/mol. The van der Waals surface area contributed by atoms with Gasteiger partial charge >= 0.3 is 0 Å². The maximum atomic E-state index is 9.31. The molecule has 4 nitrogen and oxygen atoms in total. The molecule has 1 saturated heterocycles. The average Bonchev–Trinajstić information content (AvgIpc) is 2.30. The van der Waals surface area contributed by atoms with E-state index in [-0.39, 0.29) is 24.9 Å². The fraction of sp³-hybridized carbons (Fsp3) is 0.615. The third-order valence-corrected chi connectivity index (χ3v) is 3.43. The first kappa shape index (κ1) is 13.8. The van der Waals surface area contributed by atoms with Crippen LogP contribution >= 0.6 is 15.9 Å². The number of nitrogens with zero attached hydrogens (tertiary/aromatic N) is 1. The van der Waals surface area contributed by atoms with Gasteiger partial charge in [-0.15, -0.1) is 0 Å². The van der Waals surface area contributed by atoms with Crippen molar-refractivity contribution in [3.05, 3.63) is 22.3 Å². The molecule has 0 spiro atoms. The van der Waals surface area contributed by atoms with Crippen LogP contribution in [0, 0.1) is 0 Å². The van der Waals surface area contributed by atoms with Crippen LogP contribution in [0.5, 0.6) is 5.88 Å². The van der Waals surface area contributed by atoms with E-state index in [2.05, 4.69) is 20.9 Å². The van der Waals surface area contributed by atoms with E-state index in [1.807, 2.05) is 19.9 Å². The number of pyridine rings is 1. The summed E-state index contributed by atoms with van der Waals surface area (Å²) < 4.78 is 12.4. The van der Waals surface area contributed by atoms with E-state index in [1.54, 1.807) is 6.20 Å². The number of aliphatic hydroxyl groups excluding tert-OH is 1. The fourth-order valence-corrected chi connectivity index (χ4v) is 2.67. The minimum atomic E-state index is -0.0733. The number of hydrogen-bond acceptors (Lipinski definition) is 4. The Hall–Kier alpha value is -0.650. The third-order valence-electron chi connectivity index (χ3n) is 2.99. The molecular weight excluding hydrogens is 298 g/mol. The van der Waals surface area contributed by atoms with Gasteiger partial charge in [0.05, 0.1) is 18.8 Å². The maximum absolute atomic E-state index is 9.31. The highest BCUT2D eigenvalue weighted by Gasteiger charge is 2.26. The lowest BCUT2D eigenvalue weighted by atomic mass is 10.0. The second-order valence-electron chi connectivity index (χ2n) is 4.74.